The van der Waals surface area contributed by atoms with Crippen LogP contribution in [0.5, 0.6) is 0 Å². The van der Waals surface area contributed by atoms with Crippen molar-refractivity contribution in [1.29, 1.82) is 0 Å². The molecule has 0 aliphatic carbocycles. The molecule has 2 fully saturated rings. The molecule has 2 heterocycles. The monoisotopic (exact) mass is 271 g/mol. The Balaban J connectivity index is 1.80. The predicted molar refractivity (Wildman–Crippen MR) is 61.7 cm³/mol. The van der Waals surface area contributed by atoms with Gasteiger partial charge in [-0.2, -0.15) is 0 Å². The van der Waals surface area contributed by atoms with Gasteiger partial charge in [-0.05, 0) is 12.8 Å². The van der Waals surface area contributed by atoms with Crippen molar-refractivity contribution in [2.75, 3.05) is 0 Å². The molecule has 0 aromatic rings. The summed E-state index contributed by atoms with van der Waals surface area (Å²) in [5.74, 6) is -0.598. The Labute approximate surface area is 110 Å². The van der Waals surface area contributed by atoms with Crippen LogP contribution in [0.2, 0.25) is 0 Å². The van der Waals surface area contributed by atoms with Crippen LogP contribution in [0.25, 0.3) is 0 Å². The standard InChI is InChI=1S/C12H17NO6/c1-2-11(15)13(7-14)19-12(16)18-10-5-8-3-4-9(6-10)17-8/h7-10H,2-6H2,1H3/t8-,9+,10?. The molecule has 0 aromatic carbocycles. The third-order valence-electron chi connectivity index (χ3n) is 3.33. The van der Waals surface area contributed by atoms with E-state index in [9.17, 15) is 14.4 Å². The molecule has 2 saturated heterocycles. The lowest BCUT2D eigenvalue weighted by atomic mass is 10.1. The first-order valence-corrected chi connectivity index (χ1v) is 6.43. The second-order valence-corrected chi connectivity index (χ2v) is 4.69. The van der Waals surface area contributed by atoms with E-state index < -0.39 is 12.1 Å². The first kappa shape index (κ1) is 13.8. The van der Waals surface area contributed by atoms with Crippen LogP contribution in [0, 0.1) is 0 Å². The van der Waals surface area contributed by atoms with Gasteiger partial charge in [-0.1, -0.05) is 6.92 Å². The topological polar surface area (TPSA) is 82.1 Å². The molecule has 1 unspecified atom stereocenters. The SMILES string of the molecule is CCC(=O)N(C=O)OC(=O)OC1C[C@H]2CC[C@@H](C1)O2. The summed E-state index contributed by atoms with van der Waals surface area (Å²) in [6.07, 6.45) is 2.41. The minimum Gasteiger partial charge on any atom is -0.429 e. The zero-order valence-corrected chi connectivity index (χ0v) is 10.7. The Morgan fingerprint density at radius 2 is 1.95 bits per heavy atom. The highest BCUT2D eigenvalue weighted by Gasteiger charge is 2.37. The van der Waals surface area contributed by atoms with Crippen LogP contribution in [-0.4, -0.2) is 41.8 Å². The summed E-state index contributed by atoms with van der Waals surface area (Å²) >= 11 is 0. The van der Waals surface area contributed by atoms with Gasteiger partial charge in [-0.25, -0.2) is 4.79 Å². The third-order valence-corrected chi connectivity index (χ3v) is 3.33. The number of carbonyl (C=O) groups is 3. The molecule has 2 aliphatic heterocycles. The zero-order valence-electron chi connectivity index (χ0n) is 10.7. The van der Waals surface area contributed by atoms with Crippen molar-refractivity contribution in [1.82, 2.24) is 5.06 Å². The second-order valence-electron chi connectivity index (χ2n) is 4.69. The molecule has 2 amide bonds. The number of rotatable bonds is 3. The largest absolute Gasteiger partial charge is 0.534 e. The summed E-state index contributed by atoms with van der Waals surface area (Å²) in [7, 11) is 0. The molecule has 0 aromatic heterocycles. The van der Waals surface area contributed by atoms with Gasteiger partial charge in [0.05, 0.1) is 12.2 Å². The lowest BCUT2D eigenvalue weighted by Gasteiger charge is -2.27. The number of carbonyl (C=O) groups excluding carboxylic acids is 3. The van der Waals surface area contributed by atoms with Crippen molar-refractivity contribution in [3.63, 3.8) is 0 Å². The molecule has 0 saturated carbocycles. The number of fused-ring (bicyclic) bond motifs is 2. The van der Waals surface area contributed by atoms with Crippen LogP contribution in [0.3, 0.4) is 0 Å². The predicted octanol–water partition coefficient (Wildman–Crippen LogP) is 1.16. The van der Waals surface area contributed by atoms with E-state index in [-0.39, 0.29) is 31.1 Å². The van der Waals surface area contributed by atoms with Crippen molar-refractivity contribution in [2.24, 2.45) is 0 Å². The molecule has 0 radical (unpaired) electrons. The fourth-order valence-electron chi connectivity index (χ4n) is 2.43. The number of ether oxygens (including phenoxy) is 2. The summed E-state index contributed by atoms with van der Waals surface area (Å²) in [6, 6.07) is 0. The maximum Gasteiger partial charge on any atom is 0.534 e. The third kappa shape index (κ3) is 3.44. The Morgan fingerprint density at radius 3 is 2.47 bits per heavy atom. The van der Waals surface area contributed by atoms with Gasteiger partial charge in [0, 0.05) is 19.3 Å². The first-order chi connectivity index (χ1) is 9.12. The minimum atomic E-state index is -1.03. The molecule has 19 heavy (non-hydrogen) atoms. The van der Waals surface area contributed by atoms with Gasteiger partial charge in [0.25, 0.3) is 12.3 Å². The Kier molecular flexibility index (Phi) is 4.36. The fraction of sp³-hybridized carbons (Fsp3) is 0.750. The number of hydrogen-bond donors (Lipinski definition) is 0. The highest BCUT2D eigenvalue weighted by molar-refractivity contribution is 5.85. The van der Waals surface area contributed by atoms with E-state index >= 15 is 0 Å². The number of nitrogens with zero attached hydrogens (tertiary/aromatic N) is 1. The van der Waals surface area contributed by atoms with Crippen molar-refractivity contribution >= 4 is 18.5 Å². The fourth-order valence-corrected chi connectivity index (χ4v) is 2.43. The average molecular weight is 271 g/mol. The molecule has 0 spiro atoms. The summed E-state index contributed by atoms with van der Waals surface area (Å²) in [5, 5.41) is 0.357. The second kappa shape index (κ2) is 6.01. The van der Waals surface area contributed by atoms with Gasteiger partial charge >= 0.3 is 6.16 Å². The normalized spacial score (nSPS) is 28.6. The number of amides is 2. The molecule has 7 nitrogen and oxygen atoms in total. The zero-order chi connectivity index (χ0) is 13.8. The van der Waals surface area contributed by atoms with Crippen LogP contribution < -0.4 is 0 Å². The highest BCUT2D eigenvalue weighted by atomic mass is 16.8. The molecule has 2 aliphatic rings. The van der Waals surface area contributed by atoms with E-state index in [0.717, 1.165) is 12.8 Å². The lowest BCUT2D eigenvalue weighted by Crippen LogP contribution is -2.36. The van der Waals surface area contributed by atoms with Crippen LogP contribution >= 0.6 is 0 Å². The molecular formula is C12H17NO6. The van der Waals surface area contributed by atoms with Crippen LogP contribution in [0.15, 0.2) is 0 Å². The average Bonchev–Trinajstić information content (AvgIpc) is 2.74. The minimum absolute atomic E-state index is 0.0629. The summed E-state index contributed by atoms with van der Waals surface area (Å²) in [5.41, 5.74) is 0. The molecule has 0 N–H and O–H groups in total. The number of hydroxylamine groups is 2. The lowest BCUT2D eigenvalue weighted by molar-refractivity contribution is -0.179. The van der Waals surface area contributed by atoms with Crippen molar-refractivity contribution in [2.45, 2.75) is 57.3 Å². The van der Waals surface area contributed by atoms with E-state index in [4.69, 9.17) is 9.47 Å². The smallest absolute Gasteiger partial charge is 0.429 e. The Morgan fingerprint density at radius 1 is 1.32 bits per heavy atom. The van der Waals surface area contributed by atoms with Gasteiger partial charge in [0.1, 0.15) is 6.10 Å². The molecular weight excluding hydrogens is 254 g/mol. The van der Waals surface area contributed by atoms with E-state index in [0.29, 0.717) is 17.9 Å². The van der Waals surface area contributed by atoms with Gasteiger partial charge in [0.15, 0.2) is 0 Å². The number of hydrogen-bond acceptors (Lipinski definition) is 6. The quantitative estimate of drug-likeness (QED) is 0.435. The summed E-state index contributed by atoms with van der Waals surface area (Å²) in [6.45, 7) is 1.56. The van der Waals surface area contributed by atoms with Gasteiger partial charge in [0.2, 0.25) is 0 Å². The van der Waals surface area contributed by atoms with Crippen LogP contribution in [0.1, 0.15) is 39.0 Å². The first-order valence-electron chi connectivity index (χ1n) is 6.43. The van der Waals surface area contributed by atoms with Gasteiger partial charge < -0.3 is 9.47 Å². The molecule has 106 valence electrons. The van der Waals surface area contributed by atoms with E-state index in [1.807, 2.05) is 0 Å². The maximum absolute atomic E-state index is 11.5. The van der Waals surface area contributed by atoms with Crippen molar-refractivity contribution in [3.05, 3.63) is 0 Å². The molecule has 2 rings (SSSR count). The van der Waals surface area contributed by atoms with E-state index in [1.165, 1.54) is 0 Å². The Hall–Kier alpha value is -1.63. The summed E-state index contributed by atoms with van der Waals surface area (Å²) in [4.78, 5) is 37.9. The van der Waals surface area contributed by atoms with Crippen molar-refractivity contribution < 1.29 is 28.7 Å². The van der Waals surface area contributed by atoms with Crippen LogP contribution in [-0.2, 0) is 23.9 Å². The molecule has 3 atom stereocenters. The molecule has 7 heteroatoms. The van der Waals surface area contributed by atoms with Gasteiger partial charge in [-0.15, -0.1) is 5.06 Å². The highest BCUT2D eigenvalue weighted by Crippen LogP contribution is 2.33. The summed E-state index contributed by atoms with van der Waals surface area (Å²) < 4.78 is 10.7. The van der Waals surface area contributed by atoms with Gasteiger partial charge in [-0.3, -0.25) is 14.4 Å². The van der Waals surface area contributed by atoms with Crippen molar-refractivity contribution in [3.8, 4) is 0 Å². The maximum atomic E-state index is 11.5. The Bertz CT molecular complexity index is 359. The van der Waals surface area contributed by atoms with Crippen LogP contribution in [0.4, 0.5) is 4.79 Å². The van der Waals surface area contributed by atoms with E-state index in [1.54, 1.807) is 6.92 Å². The van der Waals surface area contributed by atoms with E-state index in [2.05, 4.69) is 4.84 Å². The number of imide groups is 1. The molecule has 2 bridgehead atoms.